The van der Waals surface area contributed by atoms with E-state index in [0.29, 0.717) is 0 Å². The fourth-order valence-corrected chi connectivity index (χ4v) is 3.07. The fraction of sp³-hybridized carbons (Fsp3) is 0.455. The van der Waals surface area contributed by atoms with E-state index < -0.39 is 0 Å². The average Bonchev–Trinajstić information content (AvgIpc) is 2.04. The third kappa shape index (κ3) is 1.38. The van der Waals surface area contributed by atoms with Crippen LogP contribution in [0.5, 0.6) is 0 Å². The quantitative estimate of drug-likeness (QED) is 0.585. The van der Waals surface area contributed by atoms with Gasteiger partial charge in [0.05, 0.1) is 0 Å². The molecule has 2 rings (SSSR count). The molecule has 0 nitrogen and oxygen atoms in total. The minimum Gasteiger partial charge on any atom is -0.126 e. The van der Waals surface area contributed by atoms with Crippen molar-refractivity contribution in [1.29, 1.82) is 0 Å². The molecule has 1 aliphatic rings. The zero-order valence-corrected chi connectivity index (χ0v) is 8.45. The van der Waals surface area contributed by atoms with E-state index in [1.807, 2.05) is 11.8 Å². The Morgan fingerprint density at radius 3 is 3.08 bits per heavy atom. The topological polar surface area (TPSA) is 0 Å². The summed E-state index contributed by atoms with van der Waals surface area (Å²) in [6, 6.07) is 6.83. The second kappa shape index (κ2) is 3.14. The van der Waals surface area contributed by atoms with Gasteiger partial charge in [-0.15, -0.1) is 11.8 Å². The fourth-order valence-electron chi connectivity index (χ4n) is 1.67. The van der Waals surface area contributed by atoms with Gasteiger partial charge < -0.3 is 0 Å². The third-order valence-electron chi connectivity index (χ3n) is 2.51. The number of thioether (sulfide) groups is 1. The smallest absolute Gasteiger partial charge is 0.0109 e. The lowest BCUT2D eigenvalue weighted by atomic mass is 9.97. The lowest BCUT2D eigenvalue weighted by Crippen LogP contribution is -2.03. The lowest BCUT2D eigenvalue weighted by Gasteiger charge is -2.21. The van der Waals surface area contributed by atoms with Crippen molar-refractivity contribution in [3.63, 3.8) is 0 Å². The van der Waals surface area contributed by atoms with Gasteiger partial charge in [-0.1, -0.05) is 24.6 Å². The highest BCUT2D eigenvalue weighted by molar-refractivity contribution is 7.99. The molecule has 0 bridgehead atoms. The van der Waals surface area contributed by atoms with Gasteiger partial charge in [-0.25, -0.2) is 0 Å². The standard InChI is InChI=1S/C11H14S/c1-8-3-4-10-9(2)5-6-12-11(10)7-8/h3-4,7,9H,5-6H2,1-2H3. The van der Waals surface area contributed by atoms with E-state index in [-0.39, 0.29) is 0 Å². The molecule has 1 aromatic rings. The summed E-state index contributed by atoms with van der Waals surface area (Å²) in [6.07, 6.45) is 1.33. The second-order valence-electron chi connectivity index (χ2n) is 3.58. The summed E-state index contributed by atoms with van der Waals surface area (Å²) in [5.41, 5.74) is 2.94. The van der Waals surface area contributed by atoms with Crippen LogP contribution in [0.3, 0.4) is 0 Å². The van der Waals surface area contributed by atoms with E-state index in [2.05, 4.69) is 32.0 Å². The van der Waals surface area contributed by atoms with E-state index in [4.69, 9.17) is 0 Å². The van der Waals surface area contributed by atoms with Gasteiger partial charge in [-0.2, -0.15) is 0 Å². The molecule has 1 aliphatic heterocycles. The van der Waals surface area contributed by atoms with Crippen molar-refractivity contribution in [2.24, 2.45) is 0 Å². The molecule has 64 valence electrons. The molecule has 0 saturated heterocycles. The van der Waals surface area contributed by atoms with E-state index in [1.54, 1.807) is 5.56 Å². The highest BCUT2D eigenvalue weighted by Crippen LogP contribution is 2.37. The van der Waals surface area contributed by atoms with E-state index in [9.17, 15) is 0 Å². The Balaban J connectivity index is 2.46. The van der Waals surface area contributed by atoms with Gasteiger partial charge >= 0.3 is 0 Å². The number of fused-ring (bicyclic) bond motifs is 1. The first-order chi connectivity index (χ1) is 5.77. The van der Waals surface area contributed by atoms with Crippen molar-refractivity contribution in [1.82, 2.24) is 0 Å². The van der Waals surface area contributed by atoms with E-state index in [1.165, 1.54) is 22.6 Å². The molecular weight excluding hydrogens is 164 g/mol. The maximum absolute atomic E-state index is 2.33. The van der Waals surface area contributed by atoms with Crippen molar-refractivity contribution in [2.45, 2.75) is 31.1 Å². The van der Waals surface area contributed by atoms with Gasteiger partial charge in [-0.3, -0.25) is 0 Å². The first-order valence-corrected chi connectivity index (χ1v) is 5.49. The van der Waals surface area contributed by atoms with Crippen molar-refractivity contribution < 1.29 is 0 Å². The highest BCUT2D eigenvalue weighted by Gasteiger charge is 2.15. The number of rotatable bonds is 0. The van der Waals surface area contributed by atoms with Crippen LogP contribution in [0.1, 0.15) is 30.4 Å². The SMILES string of the molecule is Cc1ccc2c(c1)SCCC2C. The summed E-state index contributed by atoms with van der Waals surface area (Å²) in [4.78, 5) is 1.51. The Bertz CT molecular complexity index is 291. The molecule has 0 aromatic heterocycles. The van der Waals surface area contributed by atoms with Gasteiger partial charge in [-0.05, 0) is 36.6 Å². The predicted octanol–water partition coefficient (Wildman–Crippen LogP) is 3.59. The molecular formula is C11H14S. The Morgan fingerprint density at radius 2 is 2.25 bits per heavy atom. The summed E-state index contributed by atoms with van der Waals surface area (Å²) in [6.45, 7) is 4.49. The maximum atomic E-state index is 2.33. The zero-order chi connectivity index (χ0) is 8.55. The van der Waals surface area contributed by atoms with Gasteiger partial charge in [0.25, 0.3) is 0 Å². The van der Waals surface area contributed by atoms with E-state index >= 15 is 0 Å². The molecule has 12 heavy (non-hydrogen) atoms. The monoisotopic (exact) mass is 178 g/mol. The molecule has 0 radical (unpaired) electrons. The number of benzene rings is 1. The van der Waals surface area contributed by atoms with Crippen molar-refractivity contribution in [3.8, 4) is 0 Å². The second-order valence-corrected chi connectivity index (χ2v) is 4.72. The minimum atomic E-state index is 0.766. The van der Waals surface area contributed by atoms with Gasteiger partial charge in [0.2, 0.25) is 0 Å². The summed E-state index contributed by atoms with van der Waals surface area (Å²) in [5.74, 6) is 2.05. The molecule has 1 aromatic carbocycles. The summed E-state index contributed by atoms with van der Waals surface area (Å²) in [7, 11) is 0. The first kappa shape index (κ1) is 8.18. The third-order valence-corrected chi connectivity index (χ3v) is 3.61. The van der Waals surface area contributed by atoms with Crippen LogP contribution in [0.25, 0.3) is 0 Å². The number of aryl methyl sites for hydroxylation is 1. The van der Waals surface area contributed by atoms with Crippen molar-refractivity contribution >= 4 is 11.8 Å². The number of hydrogen-bond acceptors (Lipinski definition) is 1. The Hall–Kier alpha value is -0.430. The average molecular weight is 178 g/mol. The summed E-state index contributed by atoms with van der Waals surface area (Å²) >= 11 is 2.01. The van der Waals surface area contributed by atoms with E-state index in [0.717, 1.165) is 5.92 Å². The molecule has 1 heteroatoms. The normalized spacial score (nSPS) is 22.0. The van der Waals surface area contributed by atoms with Crippen LogP contribution in [-0.4, -0.2) is 5.75 Å². The van der Waals surface area contributed by atoms with Crippen LogP contribution in [-0.2, 0) is 0 Å². The lowest BCUT2D eigenvalue weighted by molar-refractivity contribution is 0.713. The molecule has 0 N–H and O–H groups in total. The largest absolute Gasteiger partial charge is 0.126 e. The molecule has 0 amide bonds. The Kier molecular flexibility index (Phi) is 2.14. The van der Waals surface area contributed by atoms with Crippen LogP contribution in [0.2, 0.25) is 0 Å². The number of hydrogen-bond donors (Lipinski definition) is 0. The molecule has 1 unspecified atom stereocenters. The van der Waals surface area contributed by atoms with Crippen molar-refractivity contribution in [3.05, 3.63) is 29.3 Å². The van der Waals surface area contributed by atoms with Crippen LogP contribution in [0.4, 0.5) is 0 Å². The molecule has 1 atom stereocenters. The molecule has 0 spiro atoms. The highest BCUT2D eigenvalue weighted by atomic mass is 32.2. The maximum Gasteiger partial charge on any atom is 0.0109 e. The molecule has 1 heterocycles. The predicted molar refractivity (Wildman–Crippen MR) is 54.9 cm³/mol. The van der Waals surface area contributed by atoms with Gasteiger partial charge in [0.1, 0.15) is 0 Å². The Morgan fingerprint density at radius 1 is 1.42 bits per heavy atom. The van der Waals surface area contributed by atoms with Crippen LogP contribution >= 0.6 is 11.8 Å². The van der Waals surface area contributed by atoms with Gasteiger partial charge in [0.15, 0.2) is 0 Å². The van der Waals surface area contributed by atoms with Crippen LogP contribution < -0.4 is 0 Å². The summed E-state index contributed by atoms with van der Waals surface area (Å²) < 4.78 is 0. The first-order valence-electron chi connectivity index (χ1n) is 4.51. The molecule has 0 saturated carbocycles. The Labute approximate surface area is 78.4 Å². The van der Waals surface area contributed by atoms with Gasteiger partial charge in [0, 0.05) is 4.90 Å². The van der Waals surface area contributed by atoms with Crippen LogP contribution in [0, 0.1) is 6.92 Å². The van der Waals surface area contributed by atoms with Crippen LogP contribution in [0.15, 0.2) is 23.1 Å². The molecule has 0 aliphatic carbocycles. The summed E-state index contributed by atoms with van der Waals surface area (Å²) in [5, 5.41) is 0. The zero-order valence-electron chi connectivity index (χ0n) is 7.63. The van der Waals surface area contributed by atoms with Crippen molar-refractivity contribution in [2.75, 3.05) is 5.75 Å². The minimum absolute atomic E-state index is 0.766. The molecule has 0 fully saturated rings.